The summed E-state index contributed by atoms with van der Waals surface area (Å²) < 4.78 is 30.7. The fourth-order valence-corrected chi connectivity index (χ4v) is 3.86. The van der Waals surface area contributed by atoms with Crippen molar-refractivity contribution in [2.24, 2.45) is 5.92 Å². The molecule has 3 aromatic rings. The molecule has 1 N–H and O–H groups in total. The highest BCUT2D eigenvalue weighted by molar-refractivity contribution is 7.89. The molecule has 0 radical (unpaired) electrons. The molecule has 1 fully saturated rings. The molecule has 0 unspecified atom stereocenters. The fourth-order valence-electron chi connectivity index (χ4n) is 2.81. The van der Waals surface area contributed by atoms with Gasteiger partial charge < -0.3 is 9.47 Å². The van der Waals surface area contributed by atoms with Crippen LogP contribution in [0.4, 0.5) is 5.82 Å². The van der Waals surface area contributed by atoms with Gasteiger partial charge >= 0.3 is 0 Å². The lowest BCUT2D eigenvalue weighted by molar-refractivity contribution is 0.401. The summed E-state index contributed by atoms with van der Waals surface area (Å²) in [7, 11) is -3.58. The molecule has 0 spiro atoms. The van der Waals surface area contributed by atoms with Crippen LogP contribution in [0.15, 0.2) is 36.0 Å². The van der Waals surface area contributed by atoms with Crippen molar-refractivity contribution in [1.29, 1.82) is 0 Å². The van der Waals surface area contributed by atoms with Crippen LogP contribution in [0.25, 0.3) is 5.65 Å². The number of hydrogen-bond acceptors (Lipinski definition) is 7. The lowest BCUT2D eigenvalue weighted by atomic mass is 10.0. The Kier molecular flexibility index (Phi) is 4.11. The molecule has 0 aromatic carbocycles. The first-order valence-corrected chi connectivity index (χ1v) is 9.86. The third-order valence-corrected chi connectivity index (χ3v) is 5.75. The van der Waals surface area contributed by atoms with E-state index in [9.17, 15) is 8.42 Å². The predicted molar refractivity (Wildman–Crippen MR) is 94.3 cm³/mol. The zero-order chi connectivity index (χ0) is 18.3. The molecule has 138 valence electrons. The highest BCUT2D eigenvalue weighted by Gasteiger charge is 2.30. The summed E-state index contributed by atoms with van der Waals surface area (Å²) in [5.74, 6) is 1.06. The van der Waals surface area contributed by atoms with E-state index < -0.39 is 10.0 Å². The van der Waals surface area contributed by atoms with Crippen molar-refractivity contribution in [1.82, 2.24) is 34.1 Å². The summed E-state index contributed by atoms with van der Waals surface area (Å²) in [6, 6.07) is 3.92. The normalized spacial score (nSPS) is 15.7. The van der Waals surface area contributed by atoms with Crippen molar-refractivity contribution in [2.45, 2.75) is 24.9 Å². The number of sulfonamides is 1. The number of nitrogens with zero attached hydrogens (tertiary/aromatic N) is 7. The molecule has 10 nitrogen and oxygen atoms in total. The van der Waals surface area contributed by atoms with E-state index in [0.717, 1.165) is 18.9 Å². The fraction of sp³-hybridized carbons (Fsp3) is 0.467. The van der Waals surface area contributed by atoms with Crippen molar-refractivity contribution in [3.8, 4) is 0 Å². The molecule has 4 heterocycles. The van der Waals surface area contributed by atoms with Gasteiger partial charge in [0.2, 0.25) is 0 Å². The SMILES string of the molecule is CC(C)n1cnc(S(=O)(=O)NCC2CN(c3ccc4nncn4n3)C2)c1. The maximum atomic E-state index is 12.4. The third kappa shape index (κ3) is 3.15. The Morgan fingerprint density at radius 1 is 1.27 bits per heavy atom. The van der Waals surface area contributed by atoms with Crippen LogP contribution in [0.5, 0.6) is 0 Å². The molecule has 26 heavy (non-hydrogen) atoms. The van der Waals surface area contributed by atoms with Crippen LogP contribution in [-0.2, 0) is 10.0 Å². The minimum Gasteiger partial charge on any atom is -0.354 e. The Morgan fingerprint density at radius 3 is 2.81 bits per heavy atom. The summed E-state index contributed by atoms with van der Waals surface area (Å²) in [6.45, 7) is 5.80. The molecule has 1 aliphatic rings. The van der Waals surface area contributed by atoms with Crippen LogP contribution in [0, 0.1) is 5.92 Å². The maximum Gasteiger partial charge on any atom is 0.259 e. The molecule has 1 aliphatic heterocycles. The van der Waals surface area contributed by atoms with Gasteiger partial charge in [-0.3, -0.25) is 0 Å². The highest BCUT2D eigenvalue weighted by atomic mass is 32.2. The molecule has 3 aromatic heterocycles. The lowest BCUT2D eigenvalue weighted by Crippen LogP contribution is -2.52. The van der Waals surface area contributed by atoms with Crippen LogP contribution < -0.4 is 9.62 Å². The maximum absolute atomic E-state index is 12.4. The number of aromatic nitrogens is 6. The number of rotatable bonds is 6. The quantitative estimate of drug-likeness (QED) is 0.659. The summed E-state index contributed by atoms with van der Waals surface area (Å²) in [5.41, 5.74) is 0.694. The minimum absolute atomic E-state index is 0.0575. The third-order valence-electron chi connectivity index (χ3n) is 4.44. The van der Waals surface area contributed by atoms with Gasteiger partial charge in [-0.15, -0.1) is 15.3 Å². The van der Waals surface area contributed by atoms with Gasteiger partial charge in [0, 0.05) is 37.8 Å². The summed E-state index contributed by atoms with van der Waals surface area (Å²) in [4.78, 5) is 6.08. The van der Waals surface area contributed by atoms with Gasteiger partial charge in [-0.05, 0) is 26.0 Å². The number of nitrogens with one attached hydrogen (secondary N) is 1. The number of fused-ring (bicyclic) bond motifs is 1. The highest BCUT2D eigenvalue weighted by Crippen LogP contribution is 2.22. The smallest absolute Gasteiger partial charge is 0.259 e. The topological polar surface area (TPSA) is 110 Å². The van der Waals surface area contributed by atoms with Crippen LogP contribution in [-0.4, -0.2) is 57.4 Å². The van der Waals surface area contributed by atoms with Crippen molar-refractivity contribution in [2.75, 3.05) is 24.5 Å². The van der Waals surface area contributed by atoms with Gasteiger partial charge in [0.25, 0.3) is 10.0 Å². The summed E-state index contributed by atoms with van der Waals surface area (Å²) in [5, 5.41) is 12.2. The molecular weight excluding hydrogens is 356 g/mol. The van der Waals surface area contributed by atoms with E-state index in [1.807, 2.05) is 26.0 Å². The molecular formula is C15H20N8O2S. The molecule has 4 rings (SSSR count). The standard InChI is InChI=1S/C15H20N8O2S/c1-11(2)22-8-15(16-9-22)26(24,25)18-5-12-6-21(7-12)14-4-3-13-19-17-10-23(13)20-14/h3-4,8-12,18H,5-7H2,1-2H3. The second kappa shape index (κ2) is 6.32. The van der Waals surface area contributed by atoms with Crippen molar-refractivity contribution in [3.63, 3.8) is 0 Å². The molecule has 11 heteroatoms. The second-order valence-corrected chi connectivity index (χ2v) is 8.41. The average molecular weight is 376 g/mol. The summed E-state index contributed by atoms with van der Waals surface area (Å²) >= 11 is 0. The Hall–Kier alpha value is -2.53. The Labute approximate surface area is 150 Å². The molecule has 0 amide bonds. The predicted octanol–water partition coefficient (Wildman–Crippen LogP) is 0.316. The zero-order valence-electron chi connectivity index (χ0n) is 14.5. The minimum atomic E-state index is -3.58. The Bertz CT molecular complexity index is 1020. The van der Waals surface area contributed by atoms with Crippen LogP contribution >= 0.6 is 0 Å². The van der Waals surface area contributed by atoms with Gasteiger partial charge in [-0.1, -0.05) is 0 Å². The second-order valence-electron chi connectivity index (χ2n) is 6.70. The van der Waals surface area contributed by atoms with Crippen LogP contribution in [0.3, 0.4) is 0 Å². The van der Waals surface area contributed by atoms with Crippen molar-refractivity contribution in [3.05, 3.63) is 31.0 Å². The van der Waals surface area contributed by atoms with Gasteiger partial charge in [0.05, 0.1) is 6.33 Å². The van der Waals surface area contributed by atoms with Crippen molar-refractivity contribution >= 4 is 21.5 Å². The van der Waals surface area contributed by atoms with Crippen molar-refractivity contribution < 1.29 is 8.42 Å². The lowest BCUT2D eigenvalue weighted by Gasteiger charge is -2.39. The first-order valence-electron chi connectivity index (χ1n) is 8.37. The van der Waals surface area contributed by atoms with Gasteiger partial charge in [0.15, 0.2) is 10.7 Å². The molecule has 0 saturated carbocycles. The van der Waals surface area contributed by atoms with Crippen LogP contribution in [0.2, 0.25) is 0 Å². The number of anilines is 1. The van der Waals surface area contributed by atoms with E-state index in [0.29, 0.717) is 12.2 Å². The molecule has 0 bridgehead atoms. The zero-order valence-corrected chi connectivity index (χ0v) is 15.3. The molecule has 0 aliphatic carbocycles. The van der Waals surface area contributed by atoms with Crippen LogP contribution in [0.1, 0.15) is 19.9 Å². The van der Waals surface area contributed by atoms with E-state index in [1.165, 1.54) is 6.33 Å². The molecule has 1 saturated heterocycles. The largest absolute Gasteiger partial charge is 0.354 e. The Balaban J connectivity index is 1.33. The first-order chi connectivity index (χ1) is 12.4. The van der Waals surface area contributed by atoms with E-state index >= 15 is 0 Å². The first kappa shape index (κ1) is 16.9. The van der Waals surface area contributed by atoms with Gasteiger partial charge in [0.1, 0.15) is 12.1 Å². The average Bonchev–Trinajstić information content (AvgIpc) is 3.22. The monoisotopic (exact) mass is 376 g/mol. The van der Waals surface area contributed by atoms with Gasteiger partial charge in [-0.2, -0.15) is 4.52 Å². The number of imidazole rings is 1. The van der Waals surface area contributed by atoms with Gasteiger partial charge in [-0.25, -0.2) is 18.1 Å². The van der Waals surface area contributed by atoms with E-state index in [4.69, 9.17) is 0 Å². The van der Waals surface area contributed by atoms with E-state index in [-0.39, 0.29) is 17.0 Å². The summed E-state index contributed by atoms with van der Waals surface area (Å²) in [6.07, 6.45) is 4.65. The number of hydrogen-bond donors (Lipinski definition) is 1. The van der Waals surface area contributed by atoms with E-state index in [1.54, 1.807) is 21.6 Å². The molecule has 0 atom stereocenters. The van der Waals surface area contributed by atoms with E-state index in [2.05, 4.69) is 29.9 Å². The Morgan fingerprint density at radius 2 is 2.08 bits per heavy atom.